The Morgan fingerprint density at radius 3 is 1.82 bits per heavy atom. The molecule has 0 aliphatic rings. The van der Waals surface area contributed by atoms with E-state index < -0.39 is 23.8 Å². The van der Waals surface area contributed by atoms with Gasteiger partial charge in [-0.15, -0.1) is 0 Å². The van der Waals surface area contributed by atoms with Gasteiger partial charge in [-0.1, -0.05) is 85.3 Å². The average molecular weight is 477 g/mol. The Balaban J connectivity index is 3.17. The Bertz CT molecular complexity index is 725. The molecule has 0 aromatic heterocycles. The van der Waals surface area contributed by atoms with Gasteiger partial charge in [-0.2, -0.15) is 0 Å². The van der Waals surface area contributed by atoms with Gasteiger partial charge in [-0.25, -0.2) is 0 Å². The molecule has 2 unspecified atom stereocenters. The second-order valence-corrected chi connectivity index (χ2v) is 10.5. The van der Waals surface area contributed by atoms with Crippen LogP contribution in [-0.4, -0.2) is 28.8 Å². The van der Waals surface area contributed by atoms with E-state index in [0.717, 1.165) is 25.7 Å². The molecule has 0 radical (unpaired) electrons. The van der Waals surface area contributed by atoms with E-state index >= 15 is 0 Å². The second kappa shape index (κ2) is 16.6. The van der Waals surface area contributed by atoms with Crippen molar-refractivity contribution in [1.29, 1.82) is 0 Å². The molecule has 1 aromatic carbocycles. The zero-order chi connectivity index (χ0) is 25.5. The first kappa shape index (κ1) is 30.0. The zero-order valence-corrected chi connectivity index (χ0v) is 22.1. The van der Waals surface area contributed by atoms with Gasteiger partial charge < -0.3 is 14.9 Å². The minimum Gasteiger partial charge on any atom is -0.493 e. The summed E-state index contributed by atoms with van der Waals surface area (Å²) < 4.78 is 6.14. The summed E-state index contributed by atoms with van der Waals surface area (Å²) in [5.41, 5.74) is 1.16. The molecule has 5 nitrogen and oxygen atoms in total. The van der Waals surface area contributed by atoms with E-state index in [-0.39, 0.29) is 0 Å². The fourth-order valence-electron chi connectivity index (χ4n) is 4.41. The van der Waals surface area contributed by atoms with Crippen molar-refractivity contribution in [1.82, 2.24) is 0 Å². The van der Waals surface area contributed by atoms with E-state index in [4.69, 9.17) is 4.74 Å². The van der Waals surface area contributed by atoms with Crippen molar-refractivity contribution in [3.63, 3.8) is 0 Å². The molecule has 0 saturated heterocycles. The fourth-order valence-corrected chi connectivity index (χ4v) is 4.41. The predicted octanol–water partition coefficient (Wildman–Crippen LogP) is 8.02. The number of aliphatic carboxylic acids is 2. The van der Waals surface area contributed by atoms with Crippen LogP contribution in [-0.2, 0) is 9.59 Å². The van der Waals surface area contributed by atoms with Crippen LogP contribution >= 0.6 is 0 Å². The Morgan fingerprint density at radius 1 is 0.765 bits per heavy atom. The van der Waals surface area contributed by atoms with Crippen LogP contribution in [0, 0.1) is 11.8 Å². The Labute approximate surface area is 207 Å². The van der Waals surface area contributed by atoms with Crippen molar-refractivity contribution in [3.8, 4) is 5.75 Å². The summed E-state index contributed by atoms with van der Waals surface area (Å²) >= 11 is 0. The van der Waals surface area contributed by atoms with Crippen molar-refractivity contribution in [3.05, 3.63) is 29.3 Å². The molecule has 194 valence electrons. The van der Waals surface area contributed by atoms with Gasteiger partial charge in [0, 0.05) is 5.56 Å². The molecular formula is C29H48O5. The first-order valence-electron chi connectivity index (χ1n) is 13.4. The number of carboxylic acid groups (broad SMARTS) is 2. The third-order valence-electron chi connectivity index (χ3n) is 6.49. The topological polar surface area (TPSA) is 83.8 Å². The number of unbranched alkanes of at least 4 members (excludes halogenated alkanes) is 6. The lowest BCUT2D eigenvalue weighted by Crippen LogP contribution is -2.21. The van der Waals surface area contributed by atoms with Gasteiger partial charge in [0.05, 0.1) is 18.4 Å². The summed E-state index contributed by atoms with van der Waals surface area (Å²) in [6.45, 7) is 11.0. The molecule has 1 rings (SSSR count). The van der Waals surface area contributed by atoms with Crippen molar-refractivity contribution in [2.45, 2.75) is 117 Å². The minimum absolute atomic E-state index is 0.363. The molecule has 0 fully saturated rings. The van der Waals surface area contributed by atoms with Crippen molar-refractivity contribution in [2.75, 3.05) is 6.61 Å². The quantitative estimate of drug-likeness (QED) is 0.197. The highest BCUT2D eigenvalue weighted by atomic mass is 16.5. The van der Waals surface area contributed by atoms with E-state index in [9.17, 15) is 19.8 Å². The molecule has 0 aliphatic carbocycles. The second-order valence-electron chi connectivity index (χ2n) is 10.5. The third kappa shape index (κ3) is 10.9. The summed E-state index contributed by atoms with van der Waals surface area (Å²) in [6, 6.07) is 5.42. The summed E-state index contributed by atoms with van der Waals surface area (Å²) in [4.78, 5) is 24.6. The van der Waals surface area contributed by atoms with Gasteiger partial charge in [-0.05, 0) is 55.6 Å². The number of rotatable bonds is 19. The highest BCUT2D eigenvalue weighted by molar-refractivity contribution is 5.82. The van der Waals surface area contributed by atoms with Crippen LogP contribution < -0.4 is 4.74 Å². The molecule has 0 spiro atoms. The molecule has 2 atom stereocenters. The molecule has 0 bridgehead atoms. The summed E-state index contributed by atoms with van der Waals surface area (Å²) in [7, 11) is 0. The largest absolute Gasteiger partial charge is 0.493 e. The van der Waals surface area contributed by atoms with Crippen LogP contribution in [0.3, 0.4) is 0 Å². The lowest BCUT2D eigenvalue weighted by atomic mass is 9.81. The third-order valence-corrected chi connectivity index (χ3v) is 6.49. The number of ether oxygens (including phenoxy) is 1. The van der Waals surface area contributed by atoms with E-state index in [0.29, 0.717) is 48.2 Å². The first-order valence-corrected chi connectivity index (χ1v) is 13.4. The van der Waals surface area contributed by atoms with Gasteiger partial charge in [0.2, 0.25) is 0 Å². The van der Waals surface area contributed by atoms with Gasteiger partial charge >= 0.3 is 11.9 Å². The maximum atomic E-state index is 12.4. The molecule has 2 N–H and O–H groups in total. The number of carbonyl (C=O) groups is 2. The molecule has 34 heavy (non-hydrogen) atoms. The number of carboxylic acids is 2. The molecule has 0 heterocycles. The lowest BCUT2D eigenvalue weighted by Gasteiger charge is -2.25. The Kier molecular flexibility index (Phi) is 14.6. The molecule has 1 aromatic rings. The Hall–Kier alpha value is -2.04. The lowest BCUT2D eigenvalue weighted by molar-refractivity contribution is -0.140. The SMILES string of the molecule is CCCCCCCCCOc1cccc(C(CCC(C)C)C(=O)O)c1C(CCC(C)C)C(=O)O. The van der Waals surface area contributed by atoms with Crippen LogP contribution in [0.4, 0.5) is 0 Å². The summed E-state index contributed by atoms with van der Waals surface area (Å²) in [6.07, 6.45) is 10.7. The number of hydrogen-bond acceptors (Lipinski definition) is 3. The number of benzene rings is 1. The molecule has 0 aliphatic heterocycles. The van der Waals surface area contributed by atoms with Crippen LogP contribution in [0.1, 0.15) is 128 Å². The van der Waals surface area contributed by atoms with E-state index in [2.05, 4.69) is 34.6 Å². The van der Waals surface area contributed by atoms with E-state index in [1.165, 1.54) is 32.1 Å². The smallest absolute Gasteiger partial charge is 0.311 e. The van der Waals surface area contributed by atoms with Crippen LogP contribution in [0.5, 0.6) is 5.75 Å². The van der Waals surface area contributed by atoms with Crippen molar-refractivity contribution >= 4 is 11.9 Å². The minimum atomic E-state index is -0.915. The molecular weight excluding hydrogens is 428 g/mol. The van der Waals surface area contributed by atoms with Crippen molar-refractivity contribution < 1.29 is 24.5 Å². The highest BCUT2D eigenvalue weighted by Crippen LogP contribution is 2.39. The highest BCUT2D eigenvalue weighted by Gasteiger charge is 2.32. The molecule has 5 heteroatoms. The molecule has 0 amide bonds. The first-order chi connectivity index (χ1) is 16.2. The normalized spacial score (nSPS) is 13.3. The Morgan fingerprint density at radius 2 is 1.29 bits per heavy atom. The van der Waals surface area contributed by atoms with Gasteiger partial charge in [0.1, 0.15) is 5.75 Å². The van der Waals surface area contributed by atoms with Gasteiger partial charge in [-0.3, -0.25) is 9.59 Å². The van der Waals surface area contributed by atoms with Crippen LogP contribution in [0.25, 0.3) is 0 Å². The van der Waals surface area contributed by atoms with E-state index in [1.54, 1.807) is 6.07 Å². The monoisotopic (exact) mass is 476 g/mol. The molecule has 0 saturated carbocycles. The zero-order valence-electron chi connectivity index (χ0n) is 22.1. The van der Waals surface area contributed by atoms with Gasteiger partial charge in [0.15, 0.2) is 0 Å². The predicted molar refractivity (Wildman–Crippen MR) is 139 cm³/mol. The fraction of sp³-hybridized carbons (Fsp3) is 0.724. The van der Waals surface area contributed by atoms with Gasteiger partial charge in [0.25, 0.3) is 0 Å². The average Bonchev–Trinajstić information content (AvgIpc) is 2.76. The number of hydrogen-bond donors (Lipinski definition) is 2. The standard InChI is InChI=1S/C29H48O5/c1-6-7-8-9-10-11-12-20-34-26-15-13-14-23(24(28(30)31)18-16-21(2)3)27(26)25(29(32)33)19-17-22(4)5/h13-15,21-22,24-25H,6-12,16-20H2,1-5H3,(H,30,31)(H,32,33). The van der Waals surface area contributed by atoms with Crippen LogP contribution in [0.15, 0.2) is 18.2 Å². The maximum Gasteiger partial charge on any atom is 0.311 e. The van der Waals surface area contributed by atoms with Crippen molar-refractivity contribution in [2.24, 2.45) is 11.8 Å². The maximum absolute atomic E-state index is 12.4. The van der Waals surface area contributed by atoms with E-state index in [1.807, 2.05) is 12.1 Å². The summed E-state index contributed by atoms with van der Waals surface area (Å²) in [5.74, 6) is -2.05. The summed E-state index contributed by atoms with van der Waals surface area (Å²) in [5, 5.41) is 20.2. The van der Waals surface area contributed by atoms with Crippen LogP contribution in [0.2, 0.25) is 0 Å².